The predicted octanol–water partition coefficient (Wildman–Crippen LogP) is 5.11. The van der Waals surface area contributed by atoms with Crippen LogP contribution < -0.4 is 4.74 Å². The Morgan fingerprint density at radius 2 is 1.86 bits per heavy atom. The van der Waals surface area contributed by atoms with E-state index in [1.807, 2.05) is 26.0 Å². The van der Waals surface area contributed by atoms with Crippen LogP contribution in [-0.2, 0) is 0 Å². The highest BCUT2D eigenvalue weighted by Crippen LogP contribution is 2.39. The molecular formula is C16H15ClN2OS. The summed E-state index contributed by atoms with van der Waals surface area (Å²) in [6.07, 6.45) is 1.68. The fourth-order valence-electron chi connectivity index (χ4n) is 2.30. The van der Waals surface area contributed by atoms with Gasteiger partial charge in [0.1, 0.15) is 17.2 Å². The van der Waals surface area contributed by atoms with E-state index in [0.717, 1.165) is 27.1 Å². The molecule has 0 aliphatic rings. The van der Waals surface area contributed by atoms with E-state index in [-0.39, 0.29) is 6.10 Å². The molecule has 3 aromatic rings. The maximum Gasteiger partial charge on any atom is 0.150 e. The third-order valence-corrected chi connectivity index (χ3v) is 4.62. The first-order valence-corrected chi connectivity index (χ1v) is 7.92. The molecule has 108 valence electrons. The van der Waals surface area contributed by atoms with Gasteiger partial charge in [-0.25, -0.2) is 9.97 Å². The van der Waals surface area contributed by atoms with E-state index in [0.29, 0.717) is 5.15 Å². The van der Waals surface area contributed by atoms with Gasteiger partial charge in [0.15, 0.2) is 0 Å². The average molecular weight is 319 g/mol. The molecule has 0 N–H and O–H groups in total. The van der Waals surface area contributed by atoms with E-state index in [1.54, 1.807) is 11.3 Å². The third-order valence-electron chi connectivity index (χ3n) is 3.12. The Kier molecular flexibility index (Phi) is 3.83. The summed E-state index contributed by atoms with van der Waals surface area (Å²) in [5, 5.41) is 0.513. The number of nitrogens with zero attached hydrogens (tertiary/aromatic N) is 2. The number of hydrogen-bond donors (Lipinski definition) is 0. The van der Waals surface area contributed by atoms with Crippen LogP contribution in [0.2, 0.25) is 5.15 Å². The van der Waals surface area contributed by atoms with E-state index in [9.17, 15) is 0 Å². The molecule has 0 saturated carbocycles. The van der Waals surface area contributed by atoms with Crippen molar-refractivity contribution in [1.29, 1.82) is 0 Å². The second-order valence-corrected chi connectivity index (χ2v) is 6.65. The minimum atomic E-state index is 0.172. The van der Waals surface area contributed by atoms with Crippen LogP contribution in [0.5, 0.6) is 5.75 Å². The minimum absolute atomic E-state index is 0.172. The number of hydrogen-bond acceptors (Lipinski definition) is 4. The standard InChI is InChI=1S/C16H15ClN2OS/c1-9(2)20-12-6-4-11(5-7-12)13-10(3)21-15-14(13)18-8-19-16(15)17/h4-9H,1-3H3. The Hall–Kier alpha value is -1.65. The first kappa shape index (κ1) is 14.3. The lowest BCUT2D eigenvalue weighted by atomic mass is 10.1. The SMILES string of the molecule is Cc1sc2c(Cl)ncnc2c1-c1ccc(OC(C)C)cc1. The normalized spacial score (nSPS) is 11.3. The Bertz CT molecular complexity index is 781. The molecule has 0 aliphatic heterocycles. The summed E-state index contributed by atoms with van der Waals surface area (Å²) in [6.45, 7) is 6.11. The Labute approximate surface area is 132 Å². The molecule has 0 fully saturated rings. The molecule has 0 amide bonds. The van der Waals surface area contributed by atoms with Crippen LogP contribution in [0.3, 0.4) is 0 Å². The van der Waals surface area contributed by atoms with Gasteiger partial charge in [-0.05, 0) is 38.5 Å². The van der Waals surface area contributed by atoms with Gasteiger partial charge >= 0.3 is 0 Å². The fraction of sp³-hybridized carbons (Fsp3) is 0.250. The summed E-state index contributed by atoms with van der Waals surface area (Å²) in [7, 11) is 0. The van der Waals surface area contributed by atoms with Gasteiger partial charge < -0.3 is 4.74 Å². The van der Waals surface area contributed by atoms with Gasteiger partial charge in [0, 0.05) is 10.4 Å². The van der Waals surface area contributed by atoms with Crippen molar-refractivity contribution in [2.24, 2.45) is 0 Å². The van der Waals surface area contributed by atoms with E-state index in [1.165, 1.54) is 11.2 Å². The van der Waals surface area contributed by atoms with Crippen molar-refractivity contribution >= 4 is 33.2 Å². The van der Waals surface area contributed by atoms with Gasteiger partial charge in [-0.1, -0.05) is 23.7 Å². The molecule has 0 unspecified atom stereocenters. The number of aromatic nitrogens is 2. The molecule has 0 bridgehead atoms. The second kappa shape index (κ2) is 5.62. The molecule has 3 rings (SSSR count). The first-order chi connectivity index (χ1) is 10.1. The number of aryl methyl sites for hydroxylation is 1. The number of halogens is 1. The summed E-state index contributed by atoms with van der Waals surface area (Å²) >= 11 is 7.78. The highest BCUT2D eigenvalue weighted by molar-refractivity contribution is 7.20. The lowest BCUT2D eigenvalue weighted by Crippen LogP contribution is -2.05. The molecule has 0 atom stereocenters. The van der Waals surface area contributed by atoms with Crippen LogP contribution in [0.25, 0.3) is 21.3 Å². The smallest absolute Gasteiger partial charge is 0.150 e. The van der Waals surface area contributed by atoms with E-state index in [2.05, 4.69) is 29.0 Å². The molecule has 1 aromatic carbocycles. The zero-order chi connectivity index (χ0) is 15.0. The monoisotopic (exact) mass is 318 g/mol. The molecule has 21 heavy (non-hydrogen) atoms. The van der Waals surface area contributed by atoms with Gasteiger partial charge in [-0.15, -0.1) is 11.3 Å². The minimum Gasteiger partial charge on any atom is -0.491 e. The Morgan fingerprint density at radius 1 is 1.14 bits per heavy atom. The van der Waals surface area contributed by atoms with Crippen LogP contribution in [0, 0.1) is 6.92 Å². The summed E-state index contributed by atoms with van der Waals surface area (Å²) in [4.78, 5) is 9.63. The fourth-order valence-corrected chi connectivity index (χ4v) is 3.56. The number of ether oxygens (including phenoxy) is 1. The lowest BCUT2D eigenvalue weighted by Gasteiger charge is -2.10. The Morgan fingerprint density at radius 3 is 2.52 bits per heavy atom. The van der Waals surface area contributed by atoms with Crippen LogP contribution in [-0.4, -0.2) is 16.1 Å². The molecule has 3 nitrogen and oxygen atoms in total. The number of thiophene rings is 1. The van der Waals surface area contributed by atoms with E-state index < -0.39 is 0 Å². The highest BCUT2D eigenvalue weighted by atomic mass is 35.5. The van der Waals surface area contributed by atoms with Crippen molar-refractivity contribution in [3.8, 4) is 16.9 Å². The zero-order valence-corrected chi connectivity index (χ0v) is 13.6. The quantitative estimate of drug-likeness (QED) is 0.630. The molecular weight excluding hydrogens is 304 g/mol. The highest BCUT2D eigenvalue weighted by Gasteiger charge is 2.15. The molecule has 0 radical (unpaired) electrons. The molecule has 0 spiro atoms. The number of fused-ring (bicyclic) bond motifs is 1. The van der Waals surface area contributed by atoms with Gasteiger partial charge in [0.25, 0.3) is 0 Å². The third kappa shape index (κ3) is 2.74. The van der Waals surface area contributed by atoms with Gasteiger partial charge in [0.2, 0.25) is 0 Å². The van der Waals surface area contributed by atoms with Gasteiger partial charge in [-0.3, -0.25) is 0 Å². The van der Waals surface area contributed by atoms with Crippen molar-refractivity contribution in [3.05, 3.63) is 40.6 Å². The summed E-state index contributed by atoms with van der Waals surface area (Å²) in [5.74, 6) is 0.874. The molecule has 0 saturated heterocycles. The number of benzene rings is 1. The van der Waals surface area contributed by atoms with Crippen molar-refractivity contribution < 1.29 is 4.74 Å². The van der Waals surface area contributed by atoms with Crippen molar-refractivity contribution in [3.63, 3.8) is 0 Å². The van der Waals surface area contributed by atoms with E-state index >= 15 is 0 Å². The number of rotatable bonds is 3. The maximum absolute atomic E-state index is 6.15. The van der Waals surface area contributed by atoms with Crippen LogP contribution >= 0.6 is 22.9 Å². The molecule has 0 aliphatic carbocycles. The summed E-state index contributed by atoms with van der Waals surface area (Å²) in [6, 6.07) is 8.09. The largest absolute Gasteiger partial charge is 0.491 e. The van der Waals surface area contributed by atoms with Gasteiger partial charge in [0.05, 0.1) is 16.3 Å². The zero-order valence-electron chi connectivity index (χ0n) is 12.1. The topological polar surface area (TPSA) is 35.0 Å². The summed E-state index contributed by atoms with van der Waals surface area (Å²) < 4.78 is 6.62. The average Bonchev–Trinajstić information content (AvgIpc) is 2.77. The van der Waals surface area contributed by atoms with Crippen LogP contribution in [0.4, 0.5) is 0 Å². The second-order valence-electron chi connectivity index (χ2n) is 5.07. The molecule has 5 heteroatoms. The van der Waals surface area contributed by atoms with Gasteiger partial charge in [-0.2, -0.15) is 0 Å². The summed E-state index contributed by atoms with van der Waals surface area (Å²) in [5.41, 5.74) is 3.15. The predicted molar refractivity (Wildman–Crippen MR) is 88.4 cm³/mol. The first-order valence-electron chi connectivity index (χ1n) is 6.73. The molecule has 2 heterocycles. The van der Waals surface area contributed by atoms with Crippen LogP contribution in [0.1, 0.15) is 18.7 Å². The maximum atomic E-state index is 6.15. The Balaban J connectivity index is 2.08. The van der Waals surface area contributed by atoms with Crippen molar-refractivity contribution in [2.75, 3.05) is 0 Å². The molecule has 2 aromatic heterocycles. The van der Waals surface area contributed by atoms with Crippen molar-refractivity contribution in [1.82, 2.24) is 9.97 Å². The van der Waals surface area contributed by atoms with E-state index in [4.69, 9.17) is 16.3 Å². The van der Waals surface area contributed by atoms with Crippen LogP contribution in [0.15, 0.2) is 30.6 Å². The van der Waals surface area contributed by atoms with Crippen molar-refractivity contribution in [2.45, 2.75) is 26.9 Å². The lowest BCUT2D eigenvalue weighted by molar-refractivity contribution is 0.242.